The zero-order valence-corrected chi connectivity index (χ0v) is 14.1. The van der Waals surface area contributed by atoms with E-state index in [1.807, 2.05) is 6.07 Å². The Balaban J connectivity index is 1.63. The molecule has 5 nitrogen and oxygen atoms in total. The standard InChI is InChI=1S/C17H27N3O2/c1-11(2)20-9-12(3)14(10-20)18-16(21)13-8-15(22-19-13)17(4)6-5-7-17/h8,11-12,14H,5-7,9-10H2,1-4H3,(H,18,21)/t12-,14?/m0/s1. The first-order valence-corrected chi connectivity index (χ1v) is 8.41. The van der Waals surface area contributed by atoms with Gasteiger partial charge in [-0.2, -0.15) is 0 Å². The third kappa shape index (κ3) is 2.78. The normalized spacial score (nSPS) is 27.9. The summed E-state index contributed by atoms with van der Waals surface area (Å²) < 4.78 is 5.42. The molecule has 2 fully saturated rings. The van der Waals surface area contributed by atoms with E-state index in [-0.39, 0.29) is 17.4 Å². The highest BCUT2D eigenvalue weighted by molar-refractivity contribution is 5.92. The highest BCUT2D eigenvalue weighted by Gasteiger charge is 2.38. The predicted molar refractivity (Wildman–Crippen MR) is 84.8 cm³/mol. The minimum absolute atomic E-state index is 0.0840. The van der Waals surface area contributed by atoms with E-state index in [0.29, 0.717) is 17.7 Å². The van der Waals surface area contributed by atoms with Crippen LogP contribution in [0.3, 0.4) is 0 Å². The van der Waals surface area contributed by atoms with Gasteiger partial charge in [0, 0.05) is 36.7 Å². The van der Waals surface area contributed by atoms with Crippen LogP contribution >= 0.6 is 0 Å². The van der Waals surface area contributed by atoms with Gasteiger partial charge in [-0.3, -0.25) is 9.69 Å². The molecule has 1 aromatic rings. The molecule has 122 valence electrons. The number of amides is 1. The van der Waals surface area contributed by atoms with Gasteiger partial charge in [-0.05, 0) is 32.6 Å². The van der Waals surface area contributed by atoms with Gasteiger partial charge in [-0.15, -0.1) is 0 Å². The van der Waals surface area contributed by atoms with E-state index in [1.165, 1.54) is 6.42 Å². The molecule has 1 saturated heterocycles. The fourth-order valence-electron chi connectivity index (χ4n) is 3.48. The second-order valence-corrected chi connectivity index (χ2v) is 7.60. The van der Waals surface area contributed by atoms with Gasteiger partial charge in [-0.25, -0.2) is 0 Å². The van der Waals surface area contributed by atoms with Crippen molar-refractivity contribution in [1.82, 2.24) is 15.4 Å². The van der Waals surface area contributed by atoms with Crippen molar-refractivity contribution in [2.75, 3.05) is 13.1 Å². The first kappa shape index (κ1) is 15.5. The Labute approximate surface area is 132 Å². The summed E-state index contributed by atoms with van der Waals surface area (Å²) in [7, 11) is 0. The van der Waals surface area contributed by atoms with Crippen LogP contribution in [-0.4, -0.2) is 41.1 Å². The van der Waals surface area contributed by atoms with Gasteiger partial charge in [0.05, 0.1) is 0 Å². The van der Waals surface area contributed by atoms with E-state index < -0.39 is 0 Å². The molecule has 1 aromatic heterocycles. The largest absolute Gasteiger partial charge is 0.360 e. The lowest BCUT2D eigenvalue weighted by Gasteiger charge is -2.35. The molecule has 1 saturated carbocycles. The van der Waals surface area contributed by atoms with E-state index >= 15 is 0 Å². The molecular weight excluding hydrogens is 278 g/mol. The summed E-state index contributed by atoms with van der Waals surface area (Å²) in [5.41, 5.74) is 0.499. The highest BCUT2D eigenvalue weighted by atomic mass is 16.5. The number of nitrogens with zero attached hydrogens (tertiary/aromatic N) is 2. The van der Waals surface area contributed by atoms with Crippen molar-refractivity contribution < 1.29 is 9.32 Å². The molecule has 0 radical (unpaired) electrons. The number of likely N-dealkylation sites (tertiary alicyclic amines) is 1. The van der Waals surface area contributed by atoms with Crippen molar-refractivity contribution in [2.45, 2.75) is 64.5 Å². The topological polar surface area (TPSA) is 58.4 Å². The van der Waals surface area contributed by atoms with Gasteiger partial charge in [0.25, 0.3) is 5.91 Å². The Morgan fingerprint density at radius 3 is 2.73 bits per heavy atom. The van der Waals surface area contributed by atoms with E-state index in [4.69, 9.17) is 4.52 Å². The SMILES string of the molecule is CC(C)N1CC(NC(=O)c2cc(C3(C)CCC3)on2)[C@@H](C)C1. The number of rotatable bonds is 4. The third-order valence-corrected chi connectivity index (χ3v) is 5.48. The highest BCUT2D eigenvalue weighted by Crippen LogP contribution is 2.43. The summed E-state index contributed by atoms with van der Waals surface area (Å²) in [6, 6.07) is 2.53. The minimum Gasteiger partial charge on any atom is -0.360 e. The molecule has 1 aliphatic carbocycles. The molecule has 3 rings (SSSR count). The summed E-state index contributed by atoms with van der Waals surface area (Å²) in [6.07, 6.45) is 3.46. The molecule has 1 amide bonds. The van der Waals surface area contributed by atoms with Crippen LogP contribution in [0.4, 0.5) is 0 Å². The fourth-order valence-corrected chi connectivity index (χ4v) is 3.48. The monoisotopic (exact) mass is 305 g/mol. The lowest BCUT2D eigenvalue weighted by Crippen LogP contribution is -2.40. The molecule has 2 heterocycles. The summed E-state index contributed by atoms with van der Waals surface area (Å²) >= 11 is 0. The molecular formula is C17H27N3O2. The zero-order valence-electron chi connectivity index (χ0n) is 14.1. The molecule has 2 aliphatic rings. The maximum Gasteiger partial charge on any atom is 0.273 e. The Morgan fingerprint density at radius 1 is 1.45 bits per heavy atom. The Kier molecular flexibility index (Phi) is 4.02. The van der Waals surface area contributed by atoms with Crippen molar-refractivity contribution in [3.63, 3.8) is 0 Å². The second kappa shape index (κ2) is 5.69. The lowest BCUT2D eigenvalue weighted by atomic mass is 9.69. The molecule has 1 unspecified atom stereocenters. The minimum atomic E-state index is -0.111. The van der Waals surface area contributed by atoms with Gasteiger partial charge in [0.2, 0.25) is 0 Å². The summed E-state index contributed by atoms with van der Waals surface area (Å²) in [6.45, 7) is 10.7. The van der Waals surface area contributed by atoms with Gasteiger partial charge in [0.1, 0.15) is 5.76 Å². The summed E-state index contributed by atoms with van der Waals surface area (Å²) in [4.78, 5) is 14.8. The van der Waals surface area contributed by atoms with Crippen LogP contribution in [-0.2, 0) is 5.41 Å². The number of carbonyl (C=O) groups is 1. The van der Waals surface area contributed by atoms with Crippen molar-refractivity contribution in [3.05, 3.63) is 17.5 Å². The van der Waals surface area contributed by atoms with Crippen LogP contribution in [0.2, 0.25) is 0 Å². The smallest absolute Gasteiger partial charge is 0.273 e. The number of hydrogen-bond donors (Lipinski definition) is 1. The zero-order chi connectivity index (χ0) is 15.9. The van der Waals surface area contributed by atoms with Gasteiger partial charge >= 0.3 is 0 Å². The third-order valence-electron chi connectivity index (χ3n) is 5.48. The maximum atomic E-state index is 12.4. The first-order chi connectivity index (χ1) is 10.4. The van der Waals surface area contributed by atoms with Gasteiger partial charge in [0.15, 0.2) is 5.69 Å². The van der Waals surface area contributed by atoms with Crippen LogP contribution < -0.4 is 5.32 Å². The molecule has 5 heteroatoms. The van der Waals surface area contributed by atoms with E-state index in [0.717, 1.165) is 31.7 Å². The Hall–Kier alpha value is -1.36. The average molecular weight is 305 g/mol. The van der Waals surface area contributed by atoms with Crippen LogP contribution in [0.5, 0.6) is 0 Å². The Bertz CT molecular complexity index is 548. The first-order valence-electron chi connectivity index (χ1n) is 8.41. The molecule has 0 bridgehead atoms. The van der Waals surface area contributed by atoms with Crippen molar-refractivity contribution in [1.29, 1.82) is 0 Å². The summed E-state index contributed by atoms with van der Waals surface area (Å²) in [5.74, 6) is 1.20. The molecule has 0 aromatic carbocycles. The predicted octanol–water partition coefficient (Wildman–Crippen LogP) is 2.57. The van der Waals surface area contributed by atoms with Gasteiger partial charge in [-0.1, -0.05) is 25.4 Å². The molecule has 1 aliphatic heterocycles. The van der Waals surface area contributed by atoms with E-state index in [1.54, 1.807) is 0 Å². The molecule has 0 spiro atoms. The van der Waals surface area contributed by atoms with Gasteiger partial charge < -0.3 is 9.84 Å². The van der Waals surface area contributed by atoms with Crippen LogP contribution in [0.25, 0.3) is 0 Å². The van der Waals surface area contributed by atoms with E-state index in [9.17, 15) is 4.79 Å². The molecule has 22 heavy (non-hydrogen) atoms. The van der Waals surface area contributed by atoms with Crippen LogP contribution in [0.1, 0.15) is 63.2 Å². The second-order valence-electron chi connectivity index (χ2n) is 7.60. The molecule has 1 N–H and O–H groups in total. The summed E-state index contributed by atoms with van der Waals surface area (Å²) in [5, 5.41) is 7.11. The lowest BCUT2D eigenvalue weighted by molar-refractivity contribution is 0.0921. The molecule has 2 atom stereocenters. The van der Waals surface area contributed by atoms with Crippen molar-refractivity contribution in [2.24, 2.45) is 5.92 Å². The van der Waals surface area contributed by atoms with Crippen LogP contribution in [0, 0.1) is 5.92 Å². The Morgan fingerprint density at radius 2 is 2.18 bits per heavy atom. The fraction of sp³-hybridized carbons (Fsp3) is 0.765. The van der Waals surface area contributed by atoms with Crippen molar-refractivity contribution in [3.8, 4) is 0 Å². The number of carbonyl (C=O) groups excluding carboxylic acids is 1. The van der Waals surface area contributed by atoms with E-state index in [2.05, 4.69) is 43.1 Å². The maximum absolute atomic E-state index is 12.4. The number of aromatic nitrogens is 1. The average Bonchev–Trinajstić information content (AvgIpc) is 3.04. The van der Waals surface area contributed by atoms with Crippen LogP contribution in [0.15, 0.2) is 10.6 Å². The number of nitrogens with one attached hydrogen (secondary N) is 1. The quantitative estimate of drug-likeness (QED) is 0.929. The van der Waals surface area contributed by atoms with Crippen molar-refractivity contribution >= 4 is 5.91 Å². The number of hydrogen-bond acceptors (Lipinski definition) is 4.